The molecule has 0 unspecified atom stereocenters. The third-order valence-electron chi connectivity index (χ3n) is 4.70. The van der Waals surface area contributed by atoms with E-state index in [0.29, 0.717) is 25.4 Å². The number of nitrogens with one attached hydrogen (secondary N) is 1. The van der Waals surface area contributed by atoms with Gasteiger partial charge in [0.1, 0.15) is 12.2 Å². The Morgan fingerprint density at radius 3 is 2.67 bits per heavy atom. The van der Waals surface area contributed by atoms with Crippen molar-refractivity contribution in [2.24, 2.45) is 7.05 Å². The van der Waals surface area contributed by atoms with Gasteiger partial charge < -0.3 is 5.32 Å². The van der Waals surface area contributed by atoms with Crippen molar-refractivity contribution in [3.63, 3.8) is 0 Å². The van der Waals surface area contributed by atoms with E-state index in [9.17, 15) is 4.79 Å². The monoisotopic (exact) mass is 327 g/mol. The molecule has 1 fully saturated rings. The largest absolute Gasteiger partial charge is 0.355 e. The van der Waals surface area contributed by atoms with E-state index in [-0.39, 0.29) is 5.91 Å². The Bertz CT molecular complexity index is 646. The van der Waals surface area contributed by atoms with Crippen LogP contribution in [0.4, 0.5) is 0 Å². The highest BCUT2D eigenvalue weighted by Crippen LogP contribution is 2.27. The van der Waals surface area contributed by atoms with E-state index in [0.717, 1.165) is 31.8 Å². The summed E-state index contributed by atoms with van der Waals surface area (Å²) in [6, 6.07) is 10.7. The van der Waals surface area contributed by atoms with Gasteiger partial charge in [0.05, 0.1) is 6.54 Å². The normalized spacial score (nSPS) is 16.2. The number of carbonyl (C=O) groups is 1. The molecule has 1 aromatic heterocycles. The van der Waals surface area contributed by atoms with Gasteiger partial charge in [-0.25, -0.2) is 4.98 Å². The number of hydrogen-bond donors (Lipinski definition) is 1. The van der Waals surface area contributed by atoms with Crippen molar-refractivity contribution < 1.29 is 4.79 Å². The minimum Gasteiger partial charge on any atom is -0.355 e. The minimum atomic E-state index is 0.0929. The maximum absolute atomic E-state index is 12.1. The zero-order valence-corrected chi connectivity index (χ0v) is 14.2. The number of amides is 1. The van der Waals surface area contributed by atoms with Crippen molar-refractivity contribution >= 4 is 5.91 Å². The Kier molecular flexibility index (Phi) is 5.59. The molecule has 0 aliphatic carbocycles. The fourth-order valence-corrected chi connectivity index (χ4v) is 3.27. The van der Waals surface area contributed by atoms with Crippen LogP contribution in [0.5, 0.6) is 0 Å². The van der Waals surface area contributed by atoms with Crippen LogP contribution < -0.4 is 5.32 Å². The first-order valence-corrected chi connectivity index (χ1v) is 8.59. The molecule has 1 aliphatic heterocycles. The van der Waals surface area contributed by atoms with Gasteiger partial charge in [-0.2, -0.15) is 5.10 Å². The van der Waals surface area contributed by atoms with Gasteiger partial charge in [0.2, 0.25) is 5.91 Å². The lowest BCUT2D eigenvalue weighted by Crippen LogP contribution is -2.41. The summed E-state index contributed by atoms with van der Waals surface area (Å²) in [5.74, 6) is 1.61. The fourth-order valence-electron chi connectivity index (χ4n) is 3.27. The first-order valence-electron chi connectivity index (χ1n) is 8.59. The minimum absolute atomic E-state index is 0.0929. The molecule has 1 saturated heterocycles. The van der Waals surface area contributed by atoms with Crippen LogP contribution in [-0.2, 0) is 18.3 Å². The number of nitrogens with zero attached hydrogens (tertiary/aromatic N) is 4. The molecule has 0 spiro atoms. The Labute approximate surface area is 142 Å². The van der Waals surface area contributed by atoms with Gasteiger partial charge in [-0.1, -0.05) is 30.3 Å². The third kappa shape index (κ3) is 4.41. The lowest BCUT2D eigenvalue weighted by molar-refractivity contribution is -0.122. The van der Waals surface area contributed by atoms with Crippen molar-refractivity contribution in [2.75, 3.05) is 26.2 Å². The summed E-state index contributed by atoms with van der Waals surface area (Å²) in [6.07, 6.45) is 4.48. The molecule has 128 valence electrons. The molecule has 1 N–H and O–H groups in total. The Morgan fingerprint density at radius 1 is 1.25 bits per heavy atom. The molecule has 6 nitrogen and oxygen atoms in total. The number of hydrogen-bond acceptors (Lipinski definition) is 4. The van der Waals surface area contributed by atoms with Gasteiger partial charge in [0.15, 0.2) is 0 Å². The summed E-state index contributed by atoms with van der Waals surface area (Å²) >= 11 is 0. The lowest BCUT2D eigenvalue weighted by Gasteiger charge is -2.31. The van der Waals surface area contributed by atoms with Crippen molar-refractivity contribution in [2.45, 2.75) is 25.2 Å². The van der Waals surface area contributed by atoms with Crippen molar-refractivity contribution in [1.82, 2.24) is 25.0 Å². The highest BCUT2D eigenvalue weighted by atomic mass is 16.2. The maximum atomic E-state index is 12.1. The average Bonchev–Trinajstić information content (AvgIpc) is 3.01. The highest BCUT2D eigenvalue weighted by molar-refractivity contribution is 5.78. The van der Waals surface area contributed by atoms with Gasteiger partial charge in [-0.15, -0.1) is 0 Å². The number of likely N-dealkylation sites (tertiary alicyclic amines) is 1. The predicted molar refractivity (Wildman–Crippen MR) is 92.6 cm³/mol. The first-order chi connectivity index (χ1) is 11.7. The zero-order chi connectivity index (χ0) is 16.8. The summed E-state index contributed by atoms with van der Waals surface area (Å²) in [5, 5.41) is 7.00. The SMILES string of the molecule is Cn1ncnc1CCNC(=O)CN1CCC(c2ccccc2)CC1. The summed E-state index contributed by atoms with van der Waals surface area (Å²) in [6.45, 7) is 3.05. The smallest absolute Gasteiger partial charge is 0.234 e. The number of piperidine rings is 1. The highest BCUT2D eigenvalue weighted by Gasteiger charge is 2.21. The van der Waals surface area contributed by atoms with Crippen LogP contribution >= 0.6 is 0 Å². The van der Waals surface area contributed by atoms with Crippen LogP contribution in [0, 0.1) is 0 Å². The van der Waals surface area contributed by atoms with Gasteiger partial charge >= 0.3 is 0 Å². The molecule has 1 aromatic carbocycles. The summed E-state index contributed by atoms with van der Waals surface area (Å²) in [5.41, 5.74) is 1.42. The van der Waals surface area contributed by atoms with Crippen LogP contribution in [0.2, 0.25) is 0 Å². The summed E-state index contributed by atoms with van der Waals surface area (Å²) < 4.78 is 1.74. The third-order valence-corrected chi connectivity index (χ3v) is 4.70. The Hall–Kier alpha value is -2.21. The van der Waals surface area contributed by atoms with Gasteiger partial charge in [0.25, 0.3) is 0 Å². The Morgan fingerprint density at radius 2 is 2.00 bits per heavy atom. The van der Waals surface area contributed by atoms with Crippen LogP contribution in [0.3, 0.4) is 0 Å². The fraction of sp³-hybridized carbons (Fsp3) is 0.500. The van der Waals surface area contributed by atoms with Gasteiger partial charge in [-0.3, -0.25) is 14.4 Å². The quantitative estimate of drug-likeness (QED) is 0.870. The zero-order valence-electron chi connectivity index (χ0n) is 14.2. The topological polar surface area (TPSA) is 63.1 Å². The number of benzene rings is 1. The molecule has 0 bridgehead atoms. The van der Waals surface area contributed by atoms with E-state index in [1.165, 1.54) is 11.9 Å². The molecule has 24 heavy (non-hydrogen) atoms. The first kappa shape index (κ1) is 16.6. The van der Waals surface area contributed by atoms with E-state index in [2.05, 4.69) is 50.6 Å². The number of aryl methyl sites for hydroxylation is 1. The molecule has 2 heterocycles. The second kappa shape index (κ2) is 8.06. The Balaban J connectivity index is 1.36. The van der Waals surface area contributed by atoms with E-state index >= 15 is 0 Å². The van der Waals surface area contributed by atoms with E-state index < -0.39 is 0 Å². The van der Waals surface area contributed by atoms with Crippen molar-refractivity contribution in [3.8, 4) is 0 Å². The van der Waals surface area contributed by atoms with Crippen LogP contribution in [0.1, 0.15) is 30.1 Å². The molecule has 1 aliphatic rings. The molecule has 0 saturated carbocycles. The van der Waals surface area contributed by atoms with E-state index in [1.54, 1.807) is 4.68 Å². The van der Waals surface area contributed by atoms with E-state index in [1.807, 2.05) is 7.05 Å². The standard InChI is InChI=1S/C18H25N5O/c1-22-17(20-14-21-22)7-10-19-18(24)13-23-11-8-16(9-12-23)15-5-3-2-4-6-15/h2-6,14,16H,7-13H2,1H3,(H,19,24). The maximum Gasteiger partial charge on any atom is 0.234 e. The van der Waals surface area contributed by atoms with Crippen LogP contribution in [-0.4, -0.2) is 51.8 Å². The van der Waals surface area contributed by atoms with Gasteiger partial charge in [0, 0.05) is 20.0 Å². The number of carbonyl (C=O) groups excluding carboxylic acids is 1. The van der Waals surface area contributed by atoms with E-state index in [4.69, 9.17) is 0 Å². The second-order valence-electron chi connectivity index (χ2n) is 6.36. The molecule has 0 radical (unpaired) electrons. The molecular formula is C18H25N5O. The molecule has 1 amide bonds. The predicted octanol–water partition coefficient (Wildman–Crippen LogP) is 1.35. The molecule has 0 atom stereocenters. The average molecular weight is 327 g/mol. The van der Waals surface area contributed by atoms with Crippen molar-refractivity contribution in [1.29, 1.82) is 0 Å². The van der Waals surface area contributed by atoms with Crippen LogP contribution in [0.25, 0.3) is 0 Å². The molecular weight excluding hydrogens is 302 g/mol. The lowest BCUT2D eigenvalue weighted by atomic mass is 9.89. The van der Waals surface area contributed by atoms with Crippen LogP contribution in [0.15, 0.2) is 36.7 Å². The molecule has 3 rings (SSSR count). The second-order valence-corrected chi connectivity index (χ2v) is 6.36. The summed E-state index contributed by atoms with van der Waals surface area (Å²) in [7, 11) is 1.86. The molecule has 2 aromatic rings. The van der Waals surface area contributed by atoms with Crippen molar-refractivity contribution in [3.05, 3.63) is 48.0 Å². The molecule has 6 heteroatoms. The number of rotatable bonds is 6. The summed E-state index contributed by atoms with van der Waals surface area (Å²) in [4.78, 5) is 18.5. The van der Waals surface area contributed by atoms with Gasteiger partial charge in [-0.05, 0) is 37.4 Å². The number of aromatic nitrogens is 3.